The summed E-state index contributed by atoms with van der Waals surface area (Å²) in [4.78, 5) is 9.05. The Balaban J connectivity index is 1.15. The topological polar surface area (TPSA) is 88.7 Å². The third-order valence-electron chi connectivity index (χ3n) is 6.66. The lowest BCUT2D eigenvalue weighted by Crippen LogP contribution is -2.21. The smallest absolute Gasteiger partial charge is 0.182 e. The van der Waals surface area contributed by atoms with Crippen LogP contribution in [0.5, 0.6) is 5.75 Å². The van der Waals surface area contributed by atoms with Crippen LogP contribution in [-0.4, -0.2) is 33.4 Å². The van der Waals surface area contributed by atoms with Crippen molar-refractivity contribution < 1.29 is 4.74 Å². The monoisotopic (exact) mass is 428 g/mol. The number of nitriles is 1. The Morgan fingerprint density at radius 3 is 2.72 bits per heavy atom. The summed E-state index contributed by atoms with van der Waals surface area (Å²) in [5, 5.41) is 17.3. The largest absolute Gasteiger partial charge is 0.494 e. The SMILES string of the molecule is COc1ccc(C2CCC(CNc3cc(-c4cnn(C5CC5)c4)ccn3)CC2)nc1C#N. The molecular weight excluding hydrogens is 400 g/mol. The van der Waals surface area contributed by atoms with Gasteiger partial charge >= 0.3 is 0 Å². The Morgan fingerprint density at radius 1 is 1.12 bits per heavy atom. The number of methoxy groups -OCH3 is 1. The average molecular weight is 429 g/mol. The molecule has 3 aromatic heterocycles. The van der Waals surface area contributed by atoms with E-state index < -0.39 is 0 Å². The van der Waals surface area contributed by atoms with E-state index in [1.54, 1.807) is 7.11 Å². The normalized spacial score (nSPS) is 20.5. The molecule has 3 heterocycles. The van der Waals surface area contributed by atoms with E-state index >= 15 is 0 Å². The van der Waals surface area contributed by atoms with E-state index in [9.17, 15) is 5.26 Å². The van der Waals surface area contributed by atoms with Crippen molar-refractivity contribution in [1.82, 2.24) is 19.7 Å². The molecule has 0 atom stereocenters. The molecule has 2 aliphatic carbocycles. The Labute approximate surface area is 188 Å². The third-order valence-corrected chi connectivity index (χ3v) is 6.66. The number of anilines is 1. The van der Waals surface area contributed by atoms with Crippen LogP contribution in [0.25, 0.3) is 11.1 Å². The van der Waals surface area contributed by atoms with Gasteiger partial charge < -0.3 is 10.1 Å². The maximum absolute atomic E-state index is 9.30. The highest BCUT2D eigenvalue weighted by molar-refractivity contribution is 5.64. The van der Waals surface area contributed by atoms with E-state index in [-0.39, 0.29) is 0 Å². The number of aromatic nitrogens is 4. The molecule has 0 saturated heterocycles. The standard InChI is InChI=1S/C25H28N6O/c1-32-24-9-8-22(30-23(24)13-26)18-4-2-17(3-5-18)14-28-25-12-19(10-11-27-25)20-15-29-31(16-20)21-6-7-21/h8-12,15-18,21H,2-7,14H2,1H3,(H,27,28). The van der Waals surface area contributed by atoms with Crippen LogP contribution in [0.4, 0.5) is 5.82 Å². The van der Waals surface area contributed by atoms with E-state index in [2.05, 4.69) is 43.4 Å². The summed E-state index contributed by atoms with van der Waals surface area (Å²) in [6, 6.07) is 10.8. The van der Waals surface area contributed by atoms with Crippen molar-refractivity contribution in [3.63, 3.8) is 0 Å². The van der Waals surface area contributed by atoms with Crippen molar-refractivity contribution in [1.29, 1.82) is 5.26 Å². The molecule has 0 amide bonds. The Hall–Kier alpha value is -3.40. The number of hydrogen-bond donors (Lipinski definition) is 1. The van der Waals surface area contributed by atoms with Crippen LogP contribution in [-0.2, 0) is 0 Å². The summed E-state index contributed by atoms with van der Waals surface area (Å²) in [5.41, 5.74) is 3.68. The quantitative estimate of drug-likeness (QED) is 0.573. The predicted octanol–water partition coefficient (Wildman–Crippen LogP) is 4.94. The molecule has 3 aromatic rings. The molecule has 1 N–H and O–H groups in total. The van der Waals surface area contributed by atoms with Gasteiger partial charge in [-0.1, -0.05) is 0 Å². The molecule has 7 nitrogen and oxygen atoms in total. The van der Waals surface area contributed by atoms with E-state index in [1.165, 1.54) is 12.8 Å². The lowest BCUT2D eigenvalue weighted by atomic mass is 9.80. The fourth-order valence-electron chi connectivity index (χ4n) is 4.58. The highest BCUT2D eigenvalue weighted by Gasteiger charge is 2.25. The summed E-state index contributed by atoms with van der Waals surface area (Å²) >= 11 is 0. The van der Waals surface area contributed by atoms with Crippen LogP contribution in [0.2, 0.25) is 0 Å². The van der Waals surface area contributed by atoms with Crippen LogP contribution in [0.15, 0.2) is 42.9 Å². The lowest BCUT2D eigenvalue weighted by Gasteiger charge is -2.28. The third kappa shape index (κ3) is 4.45. The fourth-order valence-corrected chi connectivity index (χ4v) is 4.58. The molecule has 164 valence electrons. The van der Waals surface area contributed by atoms with Gasteiger partial charge in [0.1, 0.15) is 11.9 Å². The first-order chi connectivity index (χ1) is 15.7. The first kappa shape index (κ1) is 20.5. The molecule has 0 aromatic carbocycles. The lowest BCUT2D eigenvalue weighted by molar-refractivity contribution is 0.334. The number of hydrogen-bond acceptors (Lipinski definition) is 6. The molecule has 2 aliphatic rings. The van der Waals surface area contributed by atoms with Crippen LogP contribution < -0.4 is 10.1 Å². The van der Waals surface area contributed by atoms with Crippen molar-refractivity contribution in [3.05, 3.63) is 54.2 Å². The molecule has 2 saturated carbocycles. The maximum Gasteiger partial charge on any atom is 0.182 e. The first-order valence-corrected chi connectivity index (χ1v) is 11.4. The van der Waals surface area contributed by atoms with Gasteiger partial charge in [0, 0.05) is 36.1 Å². The van der Waals surface area contributed by atoms with Gasteiger partial charge in [-0.25, -0.2) is 9.97 Å². The highest BCUT2D eigenvalue weighted by atomic mass is 16.5. The van der Waals surface area contributed by atoms with Crippen LogP contribution in [0.1, 0.15) is 61.9 Å². The first-order valence-electron chi connectivity index (χ1n) is 11.4. The molecule has 0 radical (unpaired) electrons. The van der Waals surface area contributed by atoms with Gasteiger partial charge in [0.2, 0.25) is 0 Å². The highest BCUT2D eigenvalue weighted by Crippen LogP contribution is 2.37. The maximum atomic E-state index is 9.30. The number of pyridine rings is 2. The van der Waals surface area contributed by atoms with E-state index in [1.807, 2.05) is 30.6 Å². The van der Waals surface area contributed by atoms with Gasteiger partial charge in [0.25, 0.3) is 0 Å². The fraction of sp³-hybridized carbons (Fsp3) is 0.440. The van der Waals surface area contributed by atoms with E-state index in [0.29, 0.717) is 29.3 Å². The summed E-state index contributed by atoms with van der Waals surface area (Å²) in [7, 11) is 1.57. The molecule has 0 bridgehead atoms. The summed E-state index contributed by atoms with van der Waals surface area (Å²) in [6.07, 6.45) is 12.9. The van der Waals surface area contributed by atoms with Crippen LogP contribution in [0.3, 0.4) is 0 Å². The Bertz CT molecular complexity index is 1120. The van der Waals surface area contributed by atoms with Gasteiger partial charge in [0.05, 0.1) is 19.3 Å². The minimum atomic E-state index is 0.377. The van der Waals surface area contributed by atoms with Crippen molar-refractivity contribution in [2.45, 2.75) is 50.5 Å². The van der Waals surface area contributed by atoms with E-state index in [0.717, 1.165) is 54.9 Å². The van der Waals surface area contributed by atoms with E-state index in [4.69, 9.17) is 4.74 Å². The molecule has 0 spiro atoms. The zero-order valence-electron chi connectivity index (χ0n) is 18.4. The number of ether oxygens (including phenoxy) is 1. The van der Waals surface area contributed by atoms with Gasteiger partial charge in [-0.3, -0.25) is 4.68 Å². The average Bonchev–Trinajstić information content (AvgIpc) is 3.59. The Kier molecular flexibility index (Phi) is 5.76. The molecule has 0 unspecified atom stereocenters. The van der Waals surface area contributed by atoms with Crippen molar-refractivity contribution in [2.75, 3.05) is 19.0 Å². The zero-order valence-corrected chi connectivity index (χ0v) is 18.4. The van der Waals surface area contributed by atoms with Crippen LogP contribution in [0, 0.1) is 17.2 Å². The summed E-state index contributed by atoms with van der Waals surface area (Å²) < 4.78 is 7.30. The molecule has 0 aliphatic heterocycles. The van der Waals surface area contributed by atoms with Gasteiger partial charge in [-0.15, -0.1) is 0 Å². The molecule has 7 heteroatoms. The van der Waals surface area contributed by atoms with Crippen molar-refractivity contribution in [3.8, 4) is 22.9 Å². The second-order valence-electron chi connectivity index (χ2n) is 8.87. The van der Waals surface area contributed by atoms with Gasteiger partial charge in [-0.05, 0) is 74.3 Å². The Morgan fingerprint density at radius 2 is 1.97 bits per heavy atom. The molecule has 32 heavy (non-hydrogen) atoms. The predicted molar refractivity (Wildman–Crippen MR) is 122 cm³/mol. The number of nitrogens with one attached hydrogen (secondary N) is 1. The molecule has 2 fully saturated rings. The van der Waals surface area contributed by atoms with Crippen molar-refractivity contribution >= 4 is 5.82 Å². The minimum Gasteiger partial charge on any atom is -0.494 e. The van der Waals surface area contributed by atoms with Crippen molar-refractivity contribution in [2.24, 2.45) is 5.92 Å². The van der Waals surface area contributed by atoms with Crippen LogP contribution >= 0.6 is 0 Å². The van der Waals surface area contributed by atoms with Gasteiger partial charge in [0.15, 0.2) is 11.4 Å². The van der Waals surface area contributed by atoms with Gasteiger partial charge in [-0.2, -0.15) is 10.4 Å². The zero-order chi connectivity index (χ0) is 21.9. The number of nitrogens with zero attached hydrogens (tertiary/aromatic N) is 5. The minimum absolute atomic E-state index is 0.377. The molecule has 5 rings (SSSR count). The second-order valence-corrected chi connectivity index (χ2v) is 8.87. The summed E-state index contributed by atoms with van der Waals surface area (Å²) in [6.45, 7) is 0.921. The second kappa shape index (κ2) is 8.99. The summed E-state index contributed by atoms with van der Waals surface area (Å²) in [5.74, 6) is 2.49. The molecular formula is C25H28N6O. The number of rotatable bonds is 7.